The molecule has 114 valence electrons. The van der Waals surface area contributed by atoms with Crippen LogP contribution in [-0.4, -0.2) is 11.8 Å². The van der Waals surface area contributed by atoms with E-state index in [2.05, 4.69) is 21.2 Å². The Kier molecular flexibility index (Phi) is 4.61. The molecule has 0 heterocycles. The lowest BCUT2D eigenvalue weighted by atomic mass is 9.90. The van der Waals surface area contributed by atoms with Crippen LogP contribution in [0, 0.1) is 5.82 Å². The third kappa shape index (κ3) is 3.17. The van der Waals surface area contributed by atoms with Gasteiger partial charge in [0.2, 0.25) is 5.91 Å². The number of carbonyl (C=O) groups is 2. The van der Waals surface area contributed by atoms with Gasteiger partial charge in [-0.15, -0.1) is 0 Å². The zero-order chi connectivity index (χ0) is 16.3. The minimum Gasteiger partial charge on any atom is -0.367 e. The Bertz CT molecular complexity index is 718. The van der Waals surface area contributed by atoms with E-state index in [-0.39, 0.29) is 5.56 Å². The molecule has 0 saturated carbocycles. The van der Waals surface area contributed by atoms with E-state index in [4.69, 9.17) is 5.73 Å². The zero-order valence-corrected chi connectivity index (χ0v) is 13.4. The predicted molar refractivity (Wildman–Crippen MR) is 84.6 cm³/mol. The summed E-state index contributed by atoms with van der Waals surface area (Å²) in [6.07, 6.45) is 0. The Morgan fingerprint density at radius 3 is 2.27 bits per heavy atom. The van der Waals surface area contributed by atoms with Crippen molar-refractivity contribution in [3.8, 4) is 0 Å². The molecule has 0 radical (unpaired) electrons. The van der Waals surface area contributed by atoms with Gasteiger partial charge in [0.1, 0.15) is 11.4 Å². The van der Waals surface area contributed by atoms with Crippen molar-refractivity contribution in [1.29, 1.82) is 0 Å². The maximum Gasteiger partial charge on any atom is 0.255 e. The standard InChI is InChI=1S/C16H14BrFN2O2/c1-16(15(19)22,10-6-8-11(17)9-7-10)20-14(21)12-4-2-3-5-13(12)18/h2-9H,1H3,(H2,19,22)(H,20,21). The number of hydrogen-bond acceptors (Lipinski definition) is 2. The van der Waals surface area contributed by atoms with Crippen molar-refractivity contribution in [2.45, 2.75) is 12.5 Å². The summed E-state index contributed by atoms with van der Waals surface area (Å²) in [6.45, 7) is 1.48. The molecule has 1 atom stereocenters. The van der Waals surface area contributed by atoms with Gasteiger partial charge in [-0.2, -0.15) is 0 Å². The second kappa shape index (κ2) is 6.27. The molecule has 4 nitrogen and oxygen atoms in total. The summed E-state index contributed by atoms with van der Waals surface area (Å²) >= 11 is 3.29. The molecule has 2 amide bonds. The first kappa shape index (κ1) is 16.2. The summed E-state index contributed by atoms with van der Waals surface area (Å²) in [7, 11) is 0. The number of primary amides is 1. The molecule has 2 rings (SSSR count). The Hall–Kier alpha value is -2.21. The van der Waals surface area contributed by atoms with Crippen LogP contribution in [0.2, 0.25) is 0 Å². The van der Waals surface area contributed by atoms with Crippen LogP contribution < -0.4 is 11.1 Å². The molecule has 0 aliphatic heterocycles. The zero-order valence-electron chi connectivity index (χ0n) is 11.8. The maximum absolute atomic E-state index is 13.7. The molecule has 0 aliphatic rings. The molecule has 0 bridgehead atoms. The Balaban J connectivity index is 2.37. The van der Waals surface area contributed by atoms with Crippen molar-refractivity contribution in [2.24, 2.45) is 5.73 Å². The average molecular weight is 365 g/mol. The van der Waals surface area contributed by atoms with E-state index in [9.17, 15) is 14.0 Å². The van der Waals surface area contributed by atoms with E-state index < -0.39 is 23.2 Å². The minimum absolute atomic E-state index is 0.146. The first-order chi connectivity index (χ1) is 10.3. The molecule has 3 N–H and O–H groups in total. The van der Waals surface area contributed by atoms with E-state index >= 15 is 0 Å². The van der Waals surface area contributed by atoms with Gasteiger partial charge in [0.05, 0.1) is 5.56 Å². The van der Waals surface area contributed by atoms with Crippen molar-refractivity contribution < 1.29 is 14.0 Å². The van der Waals surface area contributed by atoms with Crippen LogP contribution in [0.4, 0.5) is 4.39 Å². The van der Waals surface area contributed by atoms with Gasteiger partial charge in [0.25, 0.3) is 5.91 Å². The van der Waals surface area contributed by atoms with Crippen LogP contribution in [0.1, 0.15) is 22.8 Å². The van der Waals surface area contributed by atoms with Gasteiger partial charge in [0.15, 0.2) is 0 Å². The molecular formula is C16H14BrFN2O2. The number of nitrogens with two attached hydrogens (primary N) is 1. The SMILES string of the molecule is CC(NC(=O)c1ccccc1F)(C(N)=O)c1ccc(Br)cc1. The quantitative estimate of drug-likeness (QED) is 0.875. The molecule has 2 aromatic carbocycles. The highest BCUT2D eigenvalue weighted by molar-refractivity contribution is 9.10. The number of halogens is 2. The smallest absolute Gasteiger partial charge is 0.255 e. The van der Waals surface area contributed by atoms with E-state index in [0.29, 0.717) is 5.56 Å². The van der Waals surface area contributed by atoms with Gasteiger partial charge in [-0.25, -0.2) is 4.39 Å². The first-order valence-electron chi connectivity index (χ1n) is 6.47. The van der Waals surface area contributed by atoms with Gasteiger partial charge >= 0.3 is 0 Å². The van der Waals surface area contributed by atoms with E-state index in [1.807, 2.05) is 0 Å². The predicted octanol–water partition coefficient (Wildman–Crippen LogP) is 2.72. The van der Waals surface area contributed by atoms with Crippen LogP contribution >= 0.6 is 15.9 Å². The molecule has 6 heteroatoms. The van der Waals surface area contributed by atoms with Crippen molar-refractivity contribution >= 4 is 27.7 Å². The fraction of sp³-hybridized carbons (Fsp3) is 0.125. The van der Waals surface area contributed by atoms with Crippen LogP contribution in [0.5, 0.6) is 0 Å². The van der Waals surface area contributed by atoms with Gasteiger partial charge < -0.3 is 11.1 Å². The van der Waals surface area contributed by atoms with Gasteiger partial charge in [-0.1, -0.05) is 40.2 Å². The molecule has 22 heavy (non-hydrogen) atoms. The second-order valence-corrected chi connectivity index (χ2v) is 5.85. The Labute approximate surface area is 135 Å². The van der Waals surface area contributed by atoms with Gasteiger partial charge in [-0.3, -0.25) is 9.59 Å². The third-order valence-electron chi connectivity index (χ3n) is 3.40. The molecule has 0 fully saturated rings. The molecule has 0 saturated heterocycles. The van der Waals surface area contributed by atoms with E-state index in [0.717, 1.165) is 4.47 Å². The molecule has 0 aliphatic carbocycles. The number of amides is 2. The highest BCUT2D eigenvalue weighted by Crippen LogP contribution is 2.23. The lowest BCUT2D eigenvalue weighted by Gasteiger charge is -2.28. The van der Waals surface area contributed by atoms with Crippen LogP contribution in [0.25, 0.3) is 0 Å². The Morgan fingerprint density at radius 1 is 1.14 bits per heavy atom. The summed E-state index contributed by atoms with van der Waals surface area (Å²) in [4.78, 5) is 24.1. The summed E-state index contributed by atoms with van der Waals surface area (Å²) < 4.78 is 14.5. The normalized spacial score (nSPS) is 13.2. The highest BCUT2D eigenvalue weighted by Gasteiger charge is 2.35. The molecular weight excluding hydrogens is 351 g/mol. The lowest BCUT2D eigenvalue weighted by Crippen LogP contribution is -2.52. The monoisotopic (exact) mass is 364 g/mol. The first-order valence-corrected chi connectivity index (χ1v) is 7.27. The van der Waals surface area contributed by atoms with Crippen molar-refractivity contribution in [3.63, 3.8) is 0 Å². The molecule has 2 aromatic rings. The van der Waals surface area contributed by atoms with Crippen molar-refractivity contribution in [1.82, 2.24) is 5.32 Å². The summed E-state index contributed by atoms with van der Waals surface area (Å²) in [5, 5.41) is 2.52. The molecule has 0 aromatic heterocycles. The maximum atomic E-state index is 13.7. The summed E-state index contributed by atoms with van der Waals surface area (Å²) in [5.41, 5.74) is 4.36. The molecule has 1 unspecified atom stereocenters. The fourth-order valence-electron chi connectivity index (χ4n) is 2.00. The van der Waals surface area contributed by atoms with Crippen molar-refractivity contribution in [2.75, 3.05) is 0 Å². The van der Waals surface area contributed by atoms with Gasteiger partial charge in [-0.05, 0) is 36.8 Å². The summed E-state index contributed by atoms with van der Waals surface area (Å²) in [6, 6.07) is 12.3. The van der Waals surface area contributed by atoms with Crippen LogP contribution in [0.15, 0.2) is 53.0 Å². The third-order valence-corrected chi connectivity index (χ3v) is 3.93. The second-order valence-electron chi connectivity index (χ2n) is 4.93. The van der Waals surface area contributed by atoms with E-state index in [1.165, 1.54) is 25.1 Å². The number of nitrogens with one attached hydrogen (secondary N) is 1. The average Bonchev–Trinajstić information content (AvgIpc) is 2.47. The highest BCUT2D eigenvalue weighted by atomic mass is 79.9. The topological polar surface area (TPSA) is 72.2 Å². The van der Waals surface area contributed by atoms with Crippen LogP contribution in [0.3, 0.4) is 0 Å². The fourth-order valence-corrected chi connectivity index (χ4v) is 2.26. The van der Waals surface area contributed by atoms with Gasteiger partial charge in [0, 0.05) is 4.47 Å². The largest absolute Gasteiger partial charge is 0.367 e. The van der Waals surface area contributed by atoms with Crippen LogP contribution in [-0.2, 0) is 10.3 Å². The number of carbonyl (C=O) groups excluding carboxylic acids is 2. The molecule has 0 spiro atoms. The number of hydrogen-bond donors (Lipinski definition) is 2. The Morgan fingerprint density at radius 2 is 1.73 bits per heavy atom. The van der Waals surface area contributed by atoms with Crippen molar-refractivity contribution in [3.05, 3.63) is 69.9 Å². The lowest BCUT2D eigenvalue weighted by molar-refractivity contribution is -0.123. The number of benzene rings is 2. The minimum atomic E-state index is -1.44. The summed E-state index contributed by atoms with van der Waals surface area (Å²) in [5.74, 6) is -2.11. The van der Waals surface area contributed by atoms with E-state index in [1.54, 1.807) is 30.3 Å². The number of rotatable bonds is 4.